The highest BCUT2D eigenvalue weighted by Crippen LogP contribution is 2.82. The summed E-state index contributed by atoms with van der Waals surface area (Å²) in [6.07, 6.45) is 8.79. The van der Waals surface area contributed by atoms with Crippen LogP contribution < -0.4 is 5.32 Å². The molecule has 5 unspecified atom stereocenters. The van der Waals surface area contributed by atoms with Crippen LogP contribution in [0.2, 0.25) is 0 Å². The number of ether oxygens (including phenoxy) is 1. The van der Waals surface area contributed by atoms with E-state index in [0.717, 1.165) is 17.8 Å². The van der Waals surface area contributed by atoms with Gasteiger partial charge >= 0.3 is 5.97 Å². The molecule has 5 nitrogen and oxygen atoms in total. The molecule has 3 bridgehead atoms. The zero-order chi connectivity index (χ0) is 15.4. The normalized spacial score (nSPS) is 43.7. The topological polar surface area (TPSA) is 75.6 Å². The predicted octanol–water partition coefficient (Wildman–Crippen LogP) is 1.81. The molecule has 0 aliphatic heterocycles. The molecule has 122 valence electrons. The molecule has 5 heteroatoms. The fourth-order valence-electron chi connectivity index (χ4n) is 6.69. The third-order valence-corrected chi connectivity index (χ3v) is 7.04. The maximum absolute atomic E-state index is 12.3. The molecule has 4 aliphatic rings. The maximum atomic E-state index is 12.3. The van der Waals surface area contributed by atoms with Gasteiger partial charge in [0.2, 0.25) is 5.91 Å². The molecule has 2 N–H and O–H groups in total. The van der Waals surface area contributed by atoms with Crippen molar-refractivity contribution in [3.05, 3.63) is 0 Å². The first-order valence-electron chi connectivity index (χ1n) is 8.59. The van der Waals surface area contributed by atoms with Crippen LogP contribution in [-0.4, -0.2) is 36.7 Å². The van der Waals surface area contributed by atoms with E-state index in [2.05, 4.69) is 5.32 Å². The number of carbonyl (C=O) groups is 2. The molecular formula is C17H25NO4. The molecule has 22 heavy (non-hydrogen) atoms. The number of hydrogen-bond acceptors (Lipinski definition) is 3. The average Bonchev–Trinajstić information content (AvgIpc) is 2.74. The second kappa shape index (κ2) is 4.95. The zero-order valence-electron chi connectivity index (χ0n) is 13.0. The fourth-order valence-corrected chi connectivity index (χ4v) is 6.69. The smallest absolute Gasteiger partial charge is 0.329 e. The van der Waals surface area contributed by atoms with E-state index in [1.807, 2.05) is 0 Å². The van der Waals surface area contributed by atoms with Crippen LogP contribution in [0.1, 0.15) is 44.9 Å². The van der Waals surface area contributed by atoms with Crippen molar-refractivity contribution in [2.75, 3.05) is 19.8 Å². The first kappa shape index (κ1) is 14.5. The van der Waals surface area contributed by atoms with Crippen LogP contribution in [0.25, 0.3) is 0 Å². The van der Waals surface area contributed by atoms with Crippen molar-refractivity contribution in [2.45, 2.75) is 44.9 Å². The van der Waals surface area contributed by atoms with Gasteiger partial charge in [-0.2, -0.15) is 0 Å². The number of rotatable bonds is 7. The highest BCUT2D eigenvalue weighted by Gasteiger charge is 2.74. The van der Waals surface area contributed by atoms with Crippen LogP contribution in [0.3, 0.4) is 0 Å². The maximum Gasteiger partial charge on any atom is 0.329 e. The number of fused-ring (bicyclic) bond motifs is 2. The van der Waals surface area contributed by atoms with E-state index in [1.54, 1.807) is 0 Å². The zero-order valence-corrected chi connectivity index (χ0v) is 13.0. The Morgan fingerprint density at radius 3 is 2.77 bits per heavy atom. The van der Waals surface area contributed by atoms with E-state index >= 15 is 0 Å². The third kappa shape index (κ3) is 2.01. The van der Waals surface area contributed by atoms with E-state index in [1.165, 1.54) is 38.5 Å². The molecule has 1 amide bonds. The van der Waals surface area contributed by atoms with Crippen molar-refractivity contribution in [3.63, 3.8) is 0 Å². The Labute approximate surface area is 130 Å². The summed E-state index contributed by atoms with van der Waals surface area (Å²) in [7, 11) is 0. The molecule has 0 saturated heterocycles. The number of carbonyl (C=O) groups excluding carboxylic acids is 1. The van der Waals surface area contributed by atoms with Crippen LogP contribution in [0, 0.1) is 28.6 Å². The Kier molecular flexibility index (Phi) is 3.26. The Balaban J connectivity index is 1.29. The predicted molar refractivity (Wildman–Crippen MR) is 79.1 cm³/mol. The highest BCUT2D eigenvalue weighted by atomic mass is 16.5. The molecule has 0 aromatic carbocycles. The van der Waals surface area contributed by atoms with Crippen LogP contribution in [-0.2, 0) is 14.3 Å². The minimum Gasteiger partial charge on any atom is -0.480 e. The van der Waals surface area contributed by atoms with Gasteiger partial charge < -0.3 is 15.2 Å². The molecule has 4 rings (SSSR count). The minimum atomic E-state index is -0.973. The summed E-state index contributed by atoms with van der Waals surface area (Å²) in [4.78, 5) is 22.6. The highest BCUT2D eigenvalue weighted by molar-refractivity contribution is 5.77. The van der Waals surface area contributed by atoms with E-state index in [4.69, 9.17) is 9.84 Å². The van der Waals surface area contributed by atoms with Gasteiger partial charge in [0, 0.05) is 13.0 Å². The lowest BCUT2D eigenvalue weighted by Crippen LogP contribution is -2.54. The molecule has 4 fully saturated rings. The lowest BCUT2D eigenvalue weighted by Gasteiger charge is -2.59. The number of carboxylic acid groups (broad SMARTS) is 1. The average molecular weight is 307 g/mol. The fraction of sp³-hybridized carbons (Fsp3) is 0.882. The SMILES string of the molecule is O=C(O)COCCNC(=O)CC12CC3CC4CC(C1)C2(C4)C3. The van der Waals surface area contributed by atoms with Crippen molar-refractivity contribution in [2.24, 2.45) is 28.6 Å². The Hall–Kier alpha value is -1.10. The van der Waals surface area contributed by atoms with Crippen LogP contribution >= 0.6 is 0 Å². The van der Waals surface area contributed by atoms with Crippen molar-refractivity contribution < 1.29 is 19.4 Å². The Morgan fingerprint density at radius 2 is 1.95 bits per heavy atom. The summed E-state index contributed by atoms with van der Waals surface area (Å²) in [5, 5.41) is 11.4. The summed E-state index contributed by atoms with van der Waals surface area (Å²) >= 11 is 0. The van der Waals surface area contributed by atoms with E-state index in [-0.39, 0.29) is 19.1 Å². The van der Waals surface area contributed by atoms with Gasteiger partial charge in [0.1, 0.15) is 6.61 Å². The van der Waals surface area contributed by atoms with Crippen molar-refractivity contribution in [1.29, 1.82) is 0 Å². The standard InChI is InChI=1S/C17H25NO4/c19-14(18-1-2-22-10-15(20)21)9-16-5-12-3-11-4-13(8-16)17(16,6-11)7-12/h11-13H,1-10H2,(H,18,19)(H,20,21). The third-order valence-electron chi connectivity index (χ3n) is 7.04. The molecule has 5 atom stereocenters. The van der Waals surface area contributed by atoms with Gasteiger partial charge in [0.15, 0.2) is 0 Å². The minimum absolute atomic E-state index is 0.128. The number of nitrogens with one attached hydrogen (secondary N) is 1. The van der Waals surface area contributed by atoms with Gasteiger partial charge in [0.05, 0.1) is 6.61 Å². The van der Waals surface area contributed by atoms with Gasteiger partial charge in [-0.25, -0.2) is 4.79 Å². The van der Waals surface area contributed by atoms with Gasteiger partial charge in [0.25, 0.3) is 0 Å². The van der Waals surface area contributed by atoms with Gasteiger partial charge in [-0.05, 0) is 67.1 Å². The van der Waals surface area contributed by atoms with Gasteiger partial charge in [-0.3, -0.25) is 4.79 Å². The molecule has 0 aromatic rings. The molecule has 1 spiro atoms. The number of aliphatic carboxylic acids is 1. The van der Waals surface area contributed by atoms with Crippen molar-refractivity contribution >= 4 is 11.9 Å². The first-order valence-corrected chi connectivity index (χ1v) is 8.59. The molecule has 4 aliphatic carbocycles. The first-order chi connectivity index (χ1) is 10.5. The molecular weight excluding hydrogens is 282 g/mol. The Bertz CT molecular complexity index is 501. The van der Waals surface area contributed by atoms with Gasteiger partial charge in [-0.1, -0.05) is 0 Å². The second-order valence-corrected chi connectivity index (χ2v) is 8.13. The van der Waals surface area contributed by atoms with E-state index in [0.29, 0.717) is 23.8 Å². The van der Waals surface area contributed by atoms with Crippen molar-refractivity contribution in [1.82, 2.24) is 5.32 Å². The molecule has 0 aromatic heterocycles. The molecule has 0 heterocycles. The second-order valence-electron chi connectivity index (χ2n) is 8.13. The molecule has 0 radical (unpaired) electrons. The summed E-state index contributed by atoms with van der Waals surface area (Å²) in [6, 6.07) is 0. The van der Waals surface area contributed by atoms with Crippen LogP contribution in [0.15, 0.2) is 0 Å². The van der Waals surface area contributed by atoms with E-state index in [9.17, 15) is 9.59 Å². The van der Waals surface area contributed by atoms with E-state index < -0.39 is 5.97 Å². The lowest BCUT2D eigenvalue weighted by molar-refractivity contribution is -0.142. The lowest BCUT2D eigenvalue weighted by atomic mass is 9.45. The van der Waals surface area contributed by atoms with Gasteiger partial charge in [-0.15, -0.1) is 0 Å². The Morgan fingerprint density at radius 1 is 1.14 bits per heavy atom. The van der Waals surface area contributed by atoms with Crippen molar-refractivity contribution in [3.8, 4) is 0 Å². The number of amides is 1. The quantitative estimate of drug-likeness (QED) is 0.703. The van der Waals surface area contributed by atoms with Crippen LogP contribution in [0.5, 0.6) is 0 Å². The largest absolute Gasteiger partial charge is 0.480 e. The van der Waals surface area contributed by atoms with Crippen LogP contribution in [0.4, 0.5) is 0 Å². The number of carboxylic acids is 1. The monoisotopic (exact) mass is 307 g/mol. The molecule has 4 saturated carbocycles. The summed E-state index contributed by atoms with van der Waals surface area (Å²) < 4.78 is 4.95. The number of hydrogen-bond donors (Lipinski definition) is 2. The summed E-state index contributed by atoms with van der Waals surface area (Å²) in [5.74, 6) is 1.87. The summed E-state index contributed by atoms with van der Waals surface area (Å²) in [5.41, 5.74) is 0.803. The summed E-state index contributed by atoms with van der Waals surface area (Å²) in [6.45, 7) is 0.377.